The number of hydrogen-bond acceptors (Lipinski definition) is 3. The van der Waals surface area contributed by atoms with Crippen LogP contribution < -0.4 is 0 Å². The van der Waals surface area contributed by atoms with Crippen LogP contribution >= 0.6 is 23.2 Å². The number of halogens is 2. The Morgan fingerprint density at radius 1 is 1.17 bits per heavy atom. The van der Waals surface area contributed by atoms with Crippen molar-refractivity contribution in [2.75, 3.05) is 0 Å². The van der Waals surface area contributed by atoms with E-state index in [4.69, 9.17) is 23.2 Å². The first kappa shape index (κ1) is 13.0. The minimum absolute atomic E-state index is 0.387. The normalized spacial score (nSPS) is 10.4. The van der Waals surface area contributed by atoms with Crippen LogP contribution in [0.5, 0.6) is 0 Å². The molecule has 0 spiro atoms. The van der Waals surface area contributed by atoms with Crippen molar-refractivity contribution in [3.05, 3.63) is 57.1 Å². The second-order valence-corrected chi connectivity index (χ2v) is 4.71. The summed E-state index contributed by atoms with van der Waals surface area (Å²) in [5.74, 6) is 0.593. The molecule has 0 aliphatic carbocycles. The van der Waals surface area contributed by atoms with Crippen LogP contribution in [0.4, 0.5) is 0 Å². The Kier molecular flexibility index (Phi) is 3.94. The molecule has 0 amide bonds. The number of rotatable bonds is 3. The lowest BCUT2D eigenvalue weighted by Crippen LogP contribution is -2.01. The third-order valence-electron chi connectivity index (χ3n) is 2.39. The van der Waals surface area contributed by atoms with Crippen molar-refractivity contribution in [3.8, 4) is 0 Å². The monoisotopic (exact) mass is 280 g/mol. The van der Waals surface area contributed by atoms with E-state index in [2.05, 4.69) is 9.97 Å². The first-order valence-electron chi connectivity index (χ1n) is 5.32. The molecule has 1 aromatic heterocycles. The molecule has 0 saturated carbocycles. The minimum atomic E-state index is 0.387. The molecule has 2 aromatic rings. The maximum Gasteiger partial charge on any atom is 0.168 e. The van der Waals surface area contributed by atoms with Crippen LogP contribution in [-0.4, -0.2) is 16.3 Å². The molecular weight excluding hydrogens is 271 g/mol. The maximum absolute atomic E-state index is 10.7. The first-order chi connectivity index (χ1) is 8.58. The molecule has 1 aromatic carbocycles. The summed E-state index contributed by atoms with van der Waals surface area (Å²) >= 11 is 11.8. The number of nitrogens with zero attached hydrogens (tertiary/aromatic N) is 2. The quantitative estimate of drug-likeness (QED) is 0.809. The highest BCUT2D eigenvalue weighted by molar-refractivity contribution is 6.42. The Labute approximate surface area is 115 Å². The summed E-state index contributed by atoms with van der Waals surface area (Å²) in [6.07, 6.45) is 1.23. The molecular formula is C13H10Cl2N2O. The third-order valence-corrected chi connectivity index (χ3v) is 3.13. The summed E-state index contributed by atoms with van der Waals surface area (Å²) in [4.78, 5) is 19.2. The first-order valence-corrected chi connectivity index (χ1v) is 6.08. The second kappa shape index (κ2) is 5.46. The van der Waals surface area contributed by atoms with E-state index in [-0.39, 0.29) is 0 Å². The molecule has 2 rings (SSSR count). The van der Waals surface area contributed by atoms with Gasteiger partial charge in [0.25, 0.3) is 0 Å². The average molecular weight is 281 g/mol. The summed E-state index contributed by atoms with van der Waals surface area (Å²) in [5, 5.41) is 1.01. The van der Waals surface area contributed by atoms with Gasteiger partial charge in [-0.3, -0.25) is 4.79 Å². The van der Waals surface area contributed by atoms with Gasteiger partial charge in [-0.25, -0.2) is 9.97 Å². The summed E-state index contributed by atoms with van der Waals surface area (Å²) < 4.78 is 0. The van der Waals surface area contributed by atoms with E-state index in [1.165, 1.54) is 0 Å². The molecule has 5 heteroatoms. The largest absolute Gasteiger partial charge is 0.296 e. The molecule has 0 N–H and O–H groups in total. The number of aromatic nitrogens is 2. The van der Waals surface area contributed by atoms with Gasteiger partial charge in [-0.05, 0) is 30.7 Å². The molecule has 3 nitrogen and oxygen atoms in total. The smallest absolute Gasteiger partial charge is 0.168 e. The van der Waals surface area contributed by atoms with Crippen LogP contribution in [-0.2, 0) is 6.42 Å². The fraction of sp³-hybridized carbons (Fsp3) is 0.154. The van der Waals surface area contributed by atoms with Crippen LogP contribution in [0, 0.1) is 6.92 Å². The van der Waals surface area contributed by atoms with Crippen molar-refractivity contribution in [2.45, 2.75) is 13.3 Å². The molecule has 92 valence electrons. The molecule has 0 unspecified atom stereocenters. The molecule has 0 aliphatic heterocycles. The van der Waals surface area contributed by atoms with Gasteiger partial charge in [0.2, 0.25) is 0 Å². The zero-order valence-corrected chi connectivity index (χ0v) is 11.2. The molecule has 0 fully saturated rings. The Hall–Kier alpha value is -1.45. The Balaban J connectivity index is 2.30. The van der Waals surface area contributed by atoms with Gasteiger partial charge in [-0.2, -0.15) is 0 Å². The van der Waals surface area contributed by atoms with E-state index in [1.54, 1.807) is 18.2 Å². The van der Waals surface area contributed by atoms with Crippen LogP contribution in [0.2, 0.25) is 10.0 Å². The Morgan fingerprint density at radius 3 is 2.61 bits per heavy atom. The second-order valence-electron chi connectivity index (χ2n) is 3.89. The average Bonchev–Trinajstić information content (AvgIpc) is 2.33. The van der Waals surface area contributed by atoms with Gasteiger partial charge in [0.15, 0.2) is 6.29 Å². The van der Waals surface area contributed by atoms with E-state index >= 15 is 0 Å². The predicted octanol–water partition coefficient (Wildman–Crippen LogP) is 3.50. The van der Waals surface area contributed by atoms with E-state index in [1.807, 2.05) is 13.0 Å². The van der Waals surface area contributed by atoms with Crippen molar-refractivity contribution >= 4 is 29.5 Å². The lowest BCUT2D eigenvalue weighted by Gasteiger charge is -2.04. The fourth-order valence-electron chi connectivity index (χ4n) is 1.63. The van der Waals surface area contributed by atoms with Gasteiger partial charge in [-0.1, -0.05) is 29.3 Å². The van der Waals surface area contributed by atoms with Crippen LogP contribution in [0.1, 0.15) is 27.6 Å². The zero-order chi connectivity index (χ0) is 13.1. The van der Waals surface area contributed by atoms with Gasteiger partial charge >= 0.3 is 0 Å². The summed E-state index contributed by atoms with van der Waals surface area (Å²) in [7, 11) is 0. The van der Waals surface area contributed by atoms with Gasteiger partial charge in [0.05, 0.1) is 10.0 Å². The molecule has 0 radical (unpaired) electrons. The number of benzene rings is 1. The van der Waals surface area contributed by atoms with Gasteiger partial charge in [-0.15, -0.1) is 0 Å². The number of hydrogen-bond donors (Lipinski definition) is 0. The highest BCUT2D eigenvalue weighted by Crippen LogP contribution is 2.23. The molecule has 1 heterocycles. The van der Waals surface area contributed by atoms with E-state index < -0.39 is 0 Å². The summed E-state index contributed by atoms with van der Waals surface area (Å²) in [6.45, 7) is 1.83. The van der Waals surface area contributed by atoms with Gasteiger partial charge in [0, 0.05) is 12.1 Å². The van der Waals surface area contributed by atoms with Crippen LogP contribution in [0.15, 0.2) is 24.3 Å². The molecule has 18 heavy (non-hydrogen) atoms. The Morgan fingerprint density at radius 2 is 1.94 bits per heavy atom. The van der Waals surface area contributed by atoms with E-state index in [0.717, 1.165) is 11.3 Å². The minimum Gasteiger partial charge on any atom is -0.296 e. The van der Waals surface area contributed by atoms with Gasteiger partial charge < -0.3 is 0 Å². The highest BCUT2D eigenvalue weighted by Gasteiger charge is 2.05. The van der Waals surface area contributed by atoms with Crippen molar-refractivity contribution in [3.63, 3.8) is 0 Å². The van der Waals surface area contributed by atoms with Gasteiger partial charge in [0.1, 0.15) is 11.5 Å². The van der Waals surface area contributed by atoms with E-state index in [0.29, 0.717) is 34.3 Å². The molecule has 0 atom stereocenters. The number of carbonyl (C=O) groups is 1. The zero-order valence-electron chi connectivity index (χ0n) is 9.65. The predicted molar refractivity (Wildman–Crippen MR) is 71.4 cm³/mol. The third kappa shape index (κ3) is 3.06. The van der Waals surface area contributed by atoms with Crippen molar-refractivity contribution in [2.24, 2.45) is 0 Å². The molecule has 0 bridgehead atoms. The number of aryl methyl sites for hydroxylation is 1. The van der Waals surface area contributed by atoms with Crippen molar-refractivity contribution < 1.29 is 4.79 Å². The SMILES string of the molecule is Cc1cc(C=O)nc(Cc2ccc(Cl)c(Cl)c2)n1. The highest BCUT2D eigenvalue weighted by atomic mass is 35.5. The van der Waals surface area contributed by atoms with Crippen molar-refractivity contribution in [1.82, 2.24) is 9.97 Å². The summed E-state index contributed by atoms with van der Waals surface area (Å²) in [5.41, 5.74) is 2.10. The number of carbonyl (C=O) groups excluding carboxylic acids is 1. The topological polar surface area (TPSA) is 42.9 Å². The lowest BCUT2D eigenvalue weighted by atomic mass is 10.1. The maximum atomic E-state index is 10.7. The van der Waals surface area contributed by atoms with Crippen molar-refractivity contribution in [1.29, 1.82) is 0 Å². The number of aldehydes is 1. The fourth-order valence-corrected chi connectivity index (χ4v) is 1.95. The lowest BCUT2D eigenvalue weighted by molar-refractivity contribution is 0.111. The van der Waals surface area contributed by atoms with Crippen LogP contribution in [0.25, 0.3) is 0 Å². The summed E-state index contributed by atoms with van der Waals surface area (Å²) in [6, 6.07) is 7.01. The van der Waals surface area contributed by atoms with E-state index in [9.17, 15) is 4.79 Å². The standard InChI is InChI=1S/C13H10Cl2N2O/c1-8-4-10(7-18)17-13(16-8)6-9-2-3-11(14)12(15)5-9/h2-5,7H,6H2,1H3. The Bertz CT molecular complexity index is 600. The van der Waals surface area contributed by atoms with Crippen LogP contribution in [0.3, 0.4) is 0 Å². The molecule has 0 saturated heterocycles. The molecule has 0 aliphatic rings.